The molecule has 1 saturated carbocycles. The molecule has 3 unspecified atom stereocenters. The first kappa shape index (κ1) is 59.2. The van der Waals surface area contributed by atoms with E-state index < -0.39 is 69.1 Å². The van der Waals surface area contributed by atoms with E-state index in [-0.39, 0.29) is 56.7 Å². The molecule has 1 aromatic heterocycles. The summed E-state index contributed by atoms with van der Waals surface area (Å²) in [6, 6.07) is 31.8. The largest absolute Gasteiger partial charge is 0.350 e. The number of anilines is 4. The Morgan fingerprint density at radius 2 is 1.40 bits per heavy atom. The maximum atomic E-state index is 14.1. The van der Waals surface area contributed by atoms with Crippen LogP contribution in [-0.4, -0.2) is 94.1 Å². The van der Waals surface area contributed by atoms with Crippen molar-refractivity contribution in [3.05, 3.63) is 169 Å². The molecule has 1 aliphatic carbocycles. The highest BCUT2D eigenvalue weighted by atomic mass is 35.5. The Morgan fingerprint density at radius 1 is 0.744 bits per heavy atom. The van der Waals surface area contributed by atoms with Gasteiger partial charge in [-0.3, -0.25) is 33.6 Å². The predicted molar refractivity (Wildman–Crippen MR) is 316 cm³/mol. The Balaban J connectivity index is 0.000000202. The van der Waals surface area contributed by atoms with Gasteiger partial charge in [-0.2, -0.15) is 0 Å². The minimum Gasteiger partial charge on any atom is -0.350 e. The molecule has 10 rings (SSSR count). The van der Waals surface area contributed by atoms with Crippen LogP contribution in [0.15, 0.2) is 126 Å². The first-order chi connectivity index (χ1) is 39.1. The lowest BCUT2D eigenvalue weighted by Gasteiger charge is -2.27. The molecule has 0 bridgehead atoms. The first-order valence-corrected chi connectivity index (χ1v) is 29.3. The van der Waals surface area contributed by atoms with Crippen LogP contribution in [0.5, 0.6) is 0 Å². The Bertz CT molecular complexity index is 3790. The molecule has 18 nitrogen and oxygen atoms in total. The third kappa shape index (κ3) is 12.5. The van der Waals surface area contributed by atoms with Gasteiger partial charge in [0, 0.05) is 29.3 Å². The van der Waals surface area contributed by atoms with Crippen molar-refractivity contribution in [3.8, 4) is 0 Å². The van der Waals surface area contributed by atoms with Crippen LogP contribution >= 0.6 is 46.4 Å². The molecule has 23 heteroatoms. The molecule has 2 aliphatic heterocycles. The van der Waals surface area contributed by atoms with E-state index in [0.29, 0.717) is 53.8 Å². The summed E-state index contributed by atoms with van der Waals surface area (Å²) in [5.74, 6) is -4.38. The summed E-state index contributed by atoms with van der Waals surface area (Å²) in [4.78, 5) is 86.2. The number of nitrogens with zero attached hydrogens (tertiary/aromatic N) is 6. The van der Waals surface area contributed by atoms with Crippen molar-refractivity contribution in [2.45, 2.75) is 90.6 Å². The summed E-state index contributed by atoms with van der Waals surface area (Å²) in [6.07, 6.45) is 1.08. The second-order valence-electron chi connectivity index (χ2n) is 20.3. The molecular weight excluding hydrogens is 1150 g/mol. The zero-order chi connectivity index (χ0) is 58.8. The van der Waals surface area contributed by atoms with Gasteiger partial charge in [0.25, 0.3) is 21.8 Å². The number of urea groups is 1. The molecule has 2 fully saturated rings. The van der Waals surface area contributed by atoms with Gasteiger partial charge >= 0.3 is 6.03 Å². The lowest BCUT2D eigenvalue weighted by molar-refractivity contribution is -0.149. The van der Waals surface area contributed by atoms with E-state index in [0.717, 1.165) is 32.8 Å². The molecule has 0 radical (unpaired) electrons. The minimum atomic E-state index is -4.12. The number of aryl methyl sites for hydroxylation is 3. The van der Waals surface area contributed by atoms with E-state index in [1.807, 2.05) is 93.6 Å². The number of fused-ring (bicyclic) bond motifs is 2. The van der Waals surface area contributed by atoms with Gasteiger partial charge < -0.3 is 20.3 Å². The fourth-order valence-corrected chi connectivity index (χ4v) is 11.8. The molecule has 3 atom stereocenters. The second-order valence-corrected chi connectivity index (χ2v) is 23.6. The highest BCUT2D eigenvalue weighted by Gasteiger charge is 2.59. The van der Waals surface area contributed by atoms with Crippen LogP contribution in [-0.2, 0) is 58.2 Å². The average molecular weight is 1210 g/mol. The summed E-state index contributed by atoms with van der Waals surface area (Å²) < 4.78 is 36.3. The molecule has 0 spiro atoms. The summed E-state index contributed by atoms with van der Waals surface area (Å²) in [5.41, 5.74) is 5.99. The average Bonchev–Trinajstić information content (AvgIpc) is 4.16. The molecule has 3 heterocycles. The topological polar surface area (TPSA) is 222 Å². The van der Waals surface area contributed by atoms with Gasteiger partial charge in [0.05, 0.1) is 55.6 Å². The molecular formula is C59H57Cl4N9O9S. The number of halogens is 4. The van der Waals surface area contributed by atoms with Gasteiger partial charge in [0.15, 0.2) is 11.8 Å². The third-order valence-electron chi connectivity index (χ3n) is 14.7. The van der Waals surface area contributed by atoms with Crippen LogP contribution in [0.4, 0.5) is 27.5 Å². The zero-order valence-corrected chi connectivity index (χ0v) is 49.1. The van der Waals surface area contributed by atoms with Crippen LogP contribution < -0.4 is 20.3 Å². The second kappa shape index (κ2) is 24.6. The van der Waals surface area contributed by atoms with Crippen molar-refractivity contribution < 1.29 is 41.9 Å². The fourth-order valence-electron chi connectivity index (χ4n) is 9.92. The van der Waals surface area contributed by atoms with Crippen molar-refractivity contribution in [2.24, 2.45) is 11.3 Å². The lowest BCUT2D eigenvalue weighted by Crippen LogP contribution is -2.54. The molecule has 3 aliphatic rings. The van der Waals surface area contributed by atoms with Crippen LogP contribution in [0.1, 0.15) is 60.9 Å². The molecule has 3 N–H and O–H groups in total. The van der Waals surface area contributed by atoms with Crippen LogP contribution in [0, 0.1) is 32.1 Å². The maximum Gasteiger partial charge on any atom is 0.330 e. The standard InChI is InChI=1S/C32H28Cl2N6O4S.C27H29Cl2N3O5/c1-19-7-10-25(34)28(15-19)37-45(43,44)22-9-11-24(33)27(17-22)35-31(41)23(18-40-30-16-20(2)8-12-26(30)36-38-40)32(42)39-14-13-21-5-3-4-6-29(21)39;1-4-27(11-12-27)22(33)21(23(34)30-20-13-16(3)18(28)14-19(20)29)32-24(35)25(37-5-2)31(26(32)36)15-17-9-7-6-8-10-17/h3-12,15-17,23,37H,13-14,18H2,1-2H3,(H,35,41);6-10,13-14,21,25H,4-5,11-12,15H2,1-3H3,(H,30,34). The van der Waals surface area contributed by atoms with Crippen molar-refractivity contribution in [1.29, 1.82) is 0 Å². The summed E-state index contributed by atoms with van der Waals surface area (Å²) in [7, 11) is -4.12. The van der Waals surface area contributed by atoms with Gasteiger partial charge in [0.1, 0.15) is 11.4 Å². The van der Waals surface area contributed by atoms with E-state index in [9.17, 15) is 37.2 Å². The lowest BCUT2D eigenvalue weighted by atomic mass is 9.91. The Hall–Kier alpha value is -7.39. The Kier molecular flexibility index (Phi) is 17.8. The van der Waals surface area contributed by atoms with E-state index in [4.69, 9.17) is 51.1 Å². The Morgan fingerprint density at radius 3 is 2.12 bits per heavy atom. The molecule has 426 valence electrons. The van der Waals surface area contributed by atoms with Gasteiger partial charge in [-0.15, -0.1) is 5.10 Å². The van der Waals surface area contributed by atoms with Gasteiger partial charge in [-0.05, 0) is 142 Å². The molecule has 6 aromatic carbocycles. The van der Waals surface area contributed by atoms with Crippen molar-refractivity contribution in [2.75, 3.05) is 33.4 Å². The van der Waals surface area contributed by atoms with Gasteiger partial charge in [-0.1, -0.05) is 119 Å². The van der Waals surface area contributed by atoms with Gasteiger partial charge in [-0.25, -0.2) is 22.8 Å². The smallest absolute Gasteiger partial charge is 0.330 e. The monoisotopic (exact) mass is 1210 g/mol. The number of para-hydroxylation sites is 1. The number of hydrogen-bond donors (Lipinski definition) is 3. The number of aromatic nitrogens is 3. The van der Waals surface area contributed by atoms with E-state index in [1.165, 1.54) is 33.8 Å². The number of nitrogens with one attached hydrogen (secondary N) is 3. The SMILES string of the molecule is CCOC1C(=O)N(C(C(=O)Nc2cc(C)c(Cl)cc2Cl)C(=O)C2(CC)CC2)C(=O)N1Cc1ccccc1.Cc1ccc(Cl)c(NS(=O)(=O)c2ccc(Cl)c(NC(=O)C(Cn3nnc4ccc(C)cc43)C(=O)N3CCc4ccccc43)c2)c1. The van der Waals surface area contributed by atoms with Gasteiger partial charge in [0.2, 0.25) is 18.0 Å². The summed E-state index contributed by atoms with van der Waals surface area (Å²) in [6.45, 7) is 9.60. The minimum absolute atomic E-state index is 0.0267. The number of carbonyl (C=O) groups excluding carboxylic acids is 6. The van der Waals surface area contributed by atoms with Crippen molar-refractivity contribution in [1.82, 2.24) is 24.8 Å². The van der Waals surface area contributed by atoms with E-state index >= 15 is 0 Å². The number of imide groups is 1. The Labute approximate surface area is 494 Å². The van der Waals surface area contributed by atoms with E-state index in [2.05, 4.69) is 25.7 Å². The van der Waals surface area contributed by atoms with Crippen molar-refractivity contribution in [3.63, 3.8) is 0 Å². The summed E-state index contributed by atoms with van der Waals surface area (Å²) >= 11 is 25.1. The predicted octanol–water partition coefficient (Wildman–Crippen LogP) is 11.2. The van der Waals surface area contributed by atoms with E-state index in [1.54, 1.807) is 43.0 Å². The van der Waals surface area contributed by atoms with Crippen LogP contribution in [0.25, 0.3) is 11.0 Å². The maximum absolute atomic E-state index is 14.1. The number of ether oxygens (including phenoxy) is 1. The number of rotatable bonds is 18. The van der Waals surface area contributed by atoms with Crippen LogP contribution in [0.3, 0.4) is 0 Å². The normalized spacial score (nSPS) is 16.1. The molecule has 82 heavy (non-hydrogen) atoms. The quantitative estimate of drug-likeness (QED) is 0.0541. The highest BCUT2D eigenvalue weighted by molar-refractivity contribution is 7.92. The van der Waals surface area contributed by atoms with Crippen LogP contribution in [0.2, 0.25) is 20.1 Å². The number of ketones is 1. The number of benzene rings is 6. The number of carbonyl (C=O) groups is 6. The fraction of sp³-hybridized carbons (Fsp3) is 0.288. The molecule has 1 saturated heterocycles. The zero-order valence-electron chi connectivity index (χ0n) is 45.2. The number of Topliss-reactive ketones (excluding diaryl/α,β-unsaturated/α-hetero) is 1. The molecule has 6 amide bonds. The number of sulfonamides is 1. The summed E-state index contributed by atoms with van der Waals surface area (Å²) in [5, 5.41) is 14.7. The molecule has 7 aromatic rings. The van der Waals surface area contributed by atoms with Crippen molar-refractivity contribution >= 4 is 126 Å². The first-order valence-electron chi connectivity index (χ1n) is 26.3. The third-order valence-corrected chi connectivity index (χ3v) is 17.4. The number of amides is 6. The number of hydrogen-bond acceptors (Lipinski definition) is 11. The highest BCUT2D eigenvalue weighted by Crippen LogP contribution is 2.51.